The van der Waals surface area contributed by atoms with Crippen molar-refractivity contribution in [3.63, 3.8) is 0 Å². The molecule has 2 rings (SSSR count). The molecule has 0 atom stereocenters. The SMILES string of the molecule is CCCNc1ncc(F)c(NCC2(O)CCCC2)n1. The predicted octanol–water partition coefficient (Wildman–Crippen LogP) is 2.15. The Morgan fingerprint density at radius 3 is 2.79 bits per heavy atom. The van der Waals surface area contributed by atoms with Crippen LogP contribution in [-0.2, 0) is 0 Å². The first-order valence-corrected chi connectivity index (χ1v) is 6.86. The zero-order valence-corrected chi connectivity index (χ0v) is 11.2. The van der Waals surface area contributed by atoms with E-state index < -0.39 is 11.4 Å². The van der Waals surface area contributed by atoms with Crippen LogP contribution in [0.15, 0.2) is 6.20 Å². The molecule has 0 bridgehead atoms. The summed E-state index contributed by atoms with van der Waals surface area (Å²) in [5.74, 6) is 0.0572. The third kappa shape index (κ3) is 3.76. The summed E-state index contributed by atoms with van der Waals surface area (Å²) in [4.78, 5) is 7.96. The van der Waals surface area contributed by atoms with Crippen molar-refractivity contribution in [1.29, 1.82) is 0 Å². The maximum absolute atomic E-state index is 13.6. The van der Waals surface area contributed by atoms with Crippen molar-refractivity contribution in [3.8, 4) is 0 Å². The second-order valence-corrected chi connectivity index (χ2v) is 5.10. The second-order valence-electron chi connectivity index (χ2n) is 5.10. The Labute approximate surface area is 112 Å². The third-order valence-corrected chi connectivity index (χ3v) is 3.40. The first-order chi connectivity index (χ1) is 9.13. The minimum absolute atomic E-state index is 0.147. The van der Waals surface area contributed by atoms with Crippen LogP contribution in [0.3, 0.4) is 0 Å². The van der Waals surface area contributed by atoms with Gasteiger partial charge in [0.25, 0.3) is 0 Å². The van der Waals surface area contributed by atoms with Gasteiger partial charge in [-0.3, -0.25) is 0 Å². The molecule has 0 aliphatic heterocycles. The smallest absolute Gasteiger partial charge is 0.224 e. The van der Waals surface area contributed by atoms with Gasteiger partial charge in [-0.15, -0.1) is 0 Å². The van der Waals surface area contributed by atoms with Crippen LogP contribution in [0, 0.1) is 5.82 Å². The Bertz CT molecular complexity index is 421. The van der Waals surface area contributed by atoms with Crippen molar-refractivity contribution in [1.82, 2.24) is 9.97 Å². The van der Waals surface area contributed by atoms with Crippen molar-refractivity contribution >= 4 is 11.8 Å². The summed E-state index contributed by atoms with van der Waals surface area (Å²) < 4.78 is 13.6. The molecule has 1 saturated carbocycles. The number of nitrogens with one attached hydrogen (secondary N) is 2. The Morgan fingerprint density at radius 1 is 1.37 bits per heavy atom. The van der Waals surface area contributed by atoms with E-state index in [0.29, 0.717) is 12.5 Å². The minimum Gasteiger partial charge on any atom is -0.388 e. The molecule has 1 aromatic rings. The molecule has 0 spiro atoms. The van der Waals surface area contributed by atoms with E-state index in [2.05, 4.69) is 20.6 Å². The van der Waals surface area contributed by atoms with E-state index in [9.17, 15) is 9.50 Å². The molecule has 0 saturated heterocycles. The maximum atomic E-state index is 13.6. The van der Waals surface area contributed by atoms with E-state index in [1.165, 1.54) is 0 Å². The van der Waals surface area contributed by atoms with Gasteiger partial charge in [0.15, 0.2) is 11.6 Å². The molecule has 1 fully saturated rings. The van der Waals surface area contributed by atoms with E-state index in [1.54, 1.807) is 0 Å². The molecule has 1 aliphatic rings. The number of hydrogen-bond donors (Lipinski definition) is 3. The molecule has 1 aromatic heterocycles. The first kappa shape index (κ1) is 14.0. The summed E-state index contributed by atoms with van der Waals surface area (Å²) in [5.41, 5.74) is -0.728. The van der Waals surface area contributed by atoms with Gasteiger partial charge < -0.3 is 15.7 Å². The van der Waals surface area contributed by atoms with Crippen LogP contribution in [0.25, 0.3) is 0 Å². The van der Waals surface area contributed by atoms with Gasteiger partial charge in [0.05, 0.1) is 11.8 Å². The van der Waals surface area contributed by atoms with Crippen LogP contribution in [0.4, 0.5) is 16.2 Å². The zero-order valence-electron chi connectivity index (χ0n) is 11.2. The molecule has 1 heterocycles. The molecule has 19 heavy (non-hydrogen) atoms. The van der Waals surface area contributed by atoms with Crippen molar-refractivity contribution in [3.05, 3.63) is 12.0 Å². The van der Waals surface area contributed by atoms with E-state index in [-0.39, 0.29) is 5.82 Å². The quantitative estimate of drug-likeness (QED) is 0.737. The third-order valence-electron chi connectivity index (χ3n) is 3.40. The molecule has 1 aliphatic carbocycles. The standard InChI is InChI=1S/C13H21FN4O/c1-2-7-15-12-16-8-10(14)11(18-12)17-9-13(19)5-3-4-6-13/h8,19H,2-7,9H2,1H3,(H2,15,16,17,18). The number of nitrogens with zero attached hydrogens (tertiary/aromatic N) is 2. The summed E-state index contributed by atoms with van der Waals surface area (Å²) in [5, 5.41) is 16.1. The van der Waals surface area contributed by atoms with Crippen LogP contribution in [0.2, 0.25) is 0 Å². The Balaban J connectivity index is 1.98. The normalized spacial score (nSPS) is 17.4. The van der Waals surface area contributed by atoms with Crippen LogP contribution < -0.4 is 10.6 Å². The van der Waals surface area contributed by atoms with Crippen molar-refractivity contribution < 1.29 is 9.50 Å². The molecule has 5 nitrogen and oxygen atoms in total. The van der Waals surface area contributed by atoms with Crippen LogP contribution in [0.5, 0.6) is 0 Å². The highest BCUT2D eigenvalue weighted by Gasteiger charge is 2.31. The van der Waals surface area contributed by atoms with Gasteiger partial charge in [0, 0.05) is 13.1 Å². The van der Waals surface area contributed by atoms with E-state index >= 15 is 0 Å². The Morgan fingerprint density at radius 2 is 2.11 bits per heavy atom. The fourth-order valence-electron chi connectivity index (χ4n) is 2.27. The molecule has 0 unspecified atom stereocenters. The molecular weight excluding hydrogens is 247 g/mol. The molecule has 0 amide bonds. The first-order valence-electron chi connectivity index (χ1n) is 6.86. The predicted molar refractivity (Wildman–Crippen MR) is 72.7 cm³/mol. The van der Waals surface area contributed by atoms with Gasteiger partial charge >= 0.3 is 0 Å². The lowest BCUT2D eigenvalue weighted by atomic mass is 10.0. The van der Waals surface area contributed by atoms with Crippen LogP contribution in [0.1, 0.15) is 39.0 Å². The highest BCUT2D eigenvalue weighted by atomic mass is 19.1. The Kier molecular flexibility index (Phi) is 4.52. The van der Waals surface area contributed by atoms with Gasteiger partial charge in [0.1, 0.15) is 0 Å². The highest BCUT2D eigenvalue weighted by Crippen LogP contribution is 2.29. The van der Waals surface area contributed by atoms with Crippen molar-refractivity contribution in [2.24, 2.45) is 0 Å². The van der Waals surface area contributed by atoms with Gasteiger partial charge in [0.2, 0.25) is 5.95 Å². The number of hydrogen-bond acceptors (Lipinski definition) is 5. The summed E-state index contributed by atoms with van der Waals surface area (Å²) >= 11 is 0. The molecule has 106 valence electrons. The Hall–Kier alpha value is -1.43. The number of anilines is 2. The molecule has 6 heteroatoms. The van der Waals surface area contributed by atoms with Crippen LogP contribution in [-0.4, -0.2) is 33.8 Å². The largest absolute Gasteiger partial charge is 0.388 e. The van der Waals surface area contributed by atoms with E-state index in [4.69, 9.17) is 0 Å². The molecular formula is C13H21FN4O. The van der Waals surface area contributed by atoms with Crippen LogP contribution >= 0.6 is 0 Å². The highest BCUT2D eigenvalue weighted by molar-refractivity contribution is 5.41. The average molecular weight is 268 g/mol. The lowest BCUT2D eigenvalue weighted by molar-refractivity contribution is 0.0613. The summed E-state index contributed by atoms with van der Waals surface area (Å²) in [6, 6.07) is 0. The molecule has 0 radical (unpaired) electrons. The number of halogens is 1. The van der Waals surface area contributed by atoms with Crippen molar-refractivity contribution in [2.45, 2.75) is 44.6 Å². The number of rotatable bonds is 6. The van der Waals surface area contributed by atoms with Gasteiger partial charge in [-0.25, -0.2) is 9.37 Å². The molecule has 3 N–H and O–H groups in total. The number of aliphatic hydroxyl groups is 1. The lowest BCUT2D eigenvalue weighted by Crippen LogP contribution is -2.34. The topological polar surface area (TPSA) is 70.1 Å². The fraction of sp³-hybridized carbons (Fsp3) is 0.692. The lowest BCUT2D eigenvalue weighted by Gasteiger charge is -2.22. The van der Waals surface area contributed by atoms with Gasteiger partial charge in [-0.1, -0.05) is 19.8 Å². The van der Waals surface area contributed by atoms with E-state index in [0.717, 1.165) is 44.8 Å². The van der Waals surface area contributed by atoms with Gasteiger partial charge in [-0.05, 0) is 19.3 Å². The summed E-state index contributed by atoms with van der Waals surface area (Å²) in [7, 11) is 0. The number of aromatic nitrogens is 2. The van der Waals surface area contributed by atoms with E-state index in [1.807, 2.05) is 6.92 Å². The average Bonchev–Trinajstić information content (AvgIpc) is 2.84. The second kappa shape index (κ2) is 6.14. The fourth-order valence-corrected chi connectivity index (χ4v) is 2.27. The van der Waals surface area contributed by atoms with Gasteiger partial charge in [-0.2, -0.15) is 4.98 Å². The molecule has 0 aromatic carbocycles. The van der Waals surface area contributed by atoms with Crippen molar-refractivity contribution in [2.75, 3.05) is 23.7 Å². The summed E-state index contributed by atoms with van der Waals surface area (Å²) in [6.45, 7) is 3.11. The maximum Gasteiger partial charge on any atom is 0.224 e. The monoisotopic (exact) mass is 268 g/mol. The zero-order chi connectivity index (χ0) is 13.7. The minimum atomic E-state index is -0.728. The summed E-state index contributed by atoms with van der Waals surface area (Å²) in [6.07, 6.45) is 5.65.